The number of esters is 1. The highest BCUT2D eigenvalue weighted by Crippen LogP contribution is 2.30. The molecule has 32 heavy (non-hydrogen) atoms. The number of methoxy groups -OCH3 is 1. The molecule has 164 valence electrons. The molecule has 3 aromatic carbocycles. The van der Waals surface area contributed by atoms with Crippen molar-refractivity contribution in [2.24, 2.45) is 0 Å². The van der Waals surface area contributed by atoms with Gasteiger partial charge in [-0.2, -0.15) is 13.2 Å². The molecule has 6 nitrogen and oxygen atoms in total. The molecule has 3 aromatic rings. The van der Waals surface area contributed by atoms with Gasteiger partial charge in [-0.1, -0.05) is 12.1 Å². The van der Waals surface area contributed by atoms with Crippen LogP contribution in [0.4, 0.5) is 24.5 Å². The largest absolute Gasteiger partial charge is 0.465 e. The lowest BCUT2D eigenvalue weighted by atomic mass is 10.1. The second kappa shape index (κ2) is 9.34. The van der Waals surface area contributed by atoms with E-state index in [-0.39, 0.29) is 22.4 Å². The molecule has 0 aliphatic carbocycles. The number of rotatable bonds is 5. The van der Waals surface area contributed by atoms with Gasteiger partial charge in [0.1, 0.15) is 0 Å². The number of ether oxygens (including phenoxy) is 1. The Bertz CT molecular complexity index is 1160. The molecule has 0 heterocycles. The van der Waals surface area contributed by atoms with Gasteiger partial charge >= 0.3 is 12.1 Å². The van der Waals surface area contributed by atoms with Gasteiger partial charge in [-0.25, -0.2) is 4.79 Å². The van der Waals surface area contributed by atoms with Gasteiger partial charge in [0.25, 0.3) is 11.8 Å². The minimum absolute atomic E-state index is 0.00712. The zero-order valence-electron chi connectivity index (χ0n) is 16.7. The van der Waals surface area contributed by atoms with Crippen molar-refractivity contribution in [3.05, 3.63) is 95.1 Å². The molecule has 0 fully saturated rings. The van der Waals surface area contributed by atoms with Crippen molar-refractivity contribution in [3.8, 4) is 0 Å². The van der Waals surface area contributed by atoms with E-state index in [1.54, 1.807) is 6.07 Å². The van der Waals surface area contributed by atoms with E-state index in [1.165, 1.54) is 61.7 Å². The Morgan fingerprint density at radius 1 is 0.719 bits per heavy atom. The van der Waals surface area contributed by atoms with Crippen LogP contribution in [0.3, 0.4) is 0 Å². The maximum absolute atomic E-state index is 12.8. The highest BCUT2D eigenvalue weighted by atomic mass is 19.4. The number of nitrogens with one attached hydrogen (secondary N) is 2. The standard InChI is InChI=1S/C23H17F3N2O4/c1-32-22(31)16-5-2-4-15(12-16)21(30)27-18-10-8-14(9-11-18)20(29)28-19-7-3-6-17(13-19)23(24,25)26/h2-13H,1H3,(H,27,30)(H,28,29). The summed E-state index contributed by atoms with van der Waals surface area (Å²) >= 11 is 0. The molecule has 0 atom stereocenters. The van der Waals surface area contributed by atoms with E-state index >= 15 is 0 Å². The Labute approximate surface area is 181 Å². The molecule has 0 spiro atoms. The molecule has 2 amide bonds. The summed E-state index contributed by atoms with van der Waals surface area (Å²) in [5, 5.41) is 5.04. The molecule has 0 saturated heterocycles. The summed E-state index contributed by atoms with van der Waals surface area (Å²) in [5.74, 6) is -1.65. The number of benzene rings is 3. The summed E-state index contributed by atoms with van der Waals surface area (Å²) in [6.45, 7) is 0. The van der Waals surface area contributed by atoms with Crippen LogP contribution in [0.15, 0.2) is 72.8 Å². The van der Waals surface area contributed by atoms with Gasteiger partial charge < -0.3 is 15.4 Å². The van der Waals surface area contributed by atoms with Crippen LogP contribution in [0.2, 0.25) is 0 Å². The number of carbonyl (C=O) groups excluding carboxylic acids is 3. The Hall–Kier alpha value is -4.14. The molecule has 0 aromatic heterocycles. The van der Waals surface area contributed by atoms with Gasteiger partial charge in [0, 0.05) is 22.5 Å². The summed E-state index contributed by atoms with van der Waals surface area (Å²) in [6.07, 6.45) is -4.52. The molecule has 0 bridgehead atoms. The Morgan fingerprint density at radius 3 is 1.97 bits per heavy atom. The minimum Gasteiger partial charge on any atom is -0.465 e. The summed E-state index contributed by atoms with van der Waals surface area (Å²) < 4.78 is 43.1. The van der Waals surface area contributed by atoms with Crippen molar-refractivity contribution >= 4 is 29.2 Å². The van der Waals surface area contributed by atoms with Gasteiger partial charge in [0.2, 0.25) is 0 Å². The first-order chi connectivity index (χ1) is 15.2. The highest BCUT2D eigenvalue weighted by molar-refractivity contribution is 6.07. The number of alkyl halides is 3. The van der Waals surface area contributed by atoms with E-state index in [9.17, 15) is 27.6 Å². The monoisotopic (exact) mass is 442 g/mol. The summed E-state index contributed by atoms with van der Waals surface area (Å²) in [6, 6.07) is 16.1. The second-order valence-corrected chi connectivity index (χ2v) is 6.64. The van der Waals surface area contributed by atoms with Crippen LogP contribution in [0.1, 0.15) is 36.6 Å². The van der Waals surface area contributed by atoms with Crippen molar-refractivity contribution in [3.63, 3.8) is 0 Å². The summed E-state index contributed by atoms with van der Waals surface area (Å²) in [7, 11) is 1.24. The van der Waals surface area contributed by atoms with E-state index in [1.807, 2.05) is 0 Å². The third-order valence-corrected chi connectivity index (χ3v) is 4.40. The number of hydrogen-bond acceptors (Lipinski definition) is 4. The van der Waals surface area contributed by atoms with Crippen LogP contribution in [0.5, 0.6) is 0 Å². The lowest BCUT2D eigenvalue weighted by Gasteiger charge is -2.10. The maximum atomic E-state index is 12.8. The Kier molecular flexibility index (Phi) is 6.58. The summed E-state index contributed by atoms with van der Waals surface area (Å²) in [4.78, 5) is 36.4. The minimum atomic E-state index is -4.52. The number of halogens is 3. The molecule has 0 unspecified atom stereocenters. The third-order valence-electron chi connectivity index (χ3n) is 4.40. The fourth-order valence-corrected chi connectivity index (χ4v) is 2.79. The van der Waals surface area contributed by atoms with Gasteiger partial charge in [-0.05, 0) is 60.7 Å². The zero-order valence-corrected chi connectivity index (χ0v) is 16.7. The molecular weight excluding hydrogens is 425 g/mol. The van der Waals surface area contributed by atoms with Gasteiger partial charge in [-0.15, -0.1) is 0 Å². The fourth-order valence-electron chi connectivity index (χ4n) is 2.79. The van der Waals surface area contributed by atoms with Crippen LogP contribution < -0.4 is 10.6 Å². The molecule has 0 radical (unpaired) electrons. The third kappa shape index (κ3) is 5.51. The number of anilines is 2. The van der Waals surface area contributed by atoms with Crippen LogP contribution in [0.25, 0.3) is 0 Å². The second-order valence-electron chi connectivity index (χ2n) is 6.64. The number of hydrogen-bond donors (Lipinski definition) is 2. The predicted molar refractivity (Wildman–Crippen MR) is 112 cm³/mol. The molecule has 0 aliphatic rings. The zero-order chi connectivity index (χ0) is 23.3. The molecular formula is C23H17F3N2O4. The first-order valence-corrected chi connectivity index (χ1v) is 9.26. The van der Waals surface area contributed by atoms with E-state index < -0.39 is 29.5 Å². The first-order valence-electron chi connectivity index (χ1n) is 9.26. The lowest BCUT2D eigenvalue weighted by Crippen LogP contribution is -2.15. The van der Waals surface area contributed by atoms with E-state index in [0.29, 0.717) is 5.69 Å². The van der Waals surface area contributed by atoms with Crippen molar-refractivity contribution in [1.29, 1.82) is 0 Å². The van der Waals surface area contributed by atoms with E-state index in [4.69, 9.17) is 0 Å². The van der Waals surface area contributed by atoms with Crippen LogP contribution >= 0.6 is 0 Å². The van der Waals surface area contributed by atoms with Crippen molar-refractivity contribution in [1.82, 2.24) is 0 Å². The molecule has 9 heteroatoms. The van der Waals surface area contributed by atoms with Gasteiger partial charge in [-0.3, -0.25) is 9.59 Å². The van der Waals surface area contributed by atoms with Crippen molar-refractivity contribution in [2.45, 2.75) is 6.18 Å². The quantitative estimate of drug-likeness (QED) is 0.545. The van der Waals surface area contributed by atoms with Gasteiger partial charge in [0.05, 0.1) is 18.2 Å². The van der Waals surface area contributed by atoms with Crippen LogP contribution in [-0.4, -0.2) is 24.9 Å². The predicted octanol–water partition coefficient (Wildman–Crippen LogP) is 5.00. The lowest BCUT2D eigenvalue weighted by molar-refractivity contribution is -0.137. The summed E-state index contributed by atoms with van der Waals surface area (Å²) in [5.41, 5.74) is 0.167. The Balaban J connectivity index is 1.67. The van der Waals surface area contributed by atoms with E-state index in [2.05, 4.69) is 15.4 Å². The number of amides is 2. The highest BCUT2D eigenvalue weighted by Gasteiger charge is 2.30. The SMILES string of the molecule is COC(=O)c1cccc(C(=O)Nc2ccc(C(=O)Nc3cccc(C(F)(F)F)c3)cc2)c1. The fraction of sp³-hybridized carbons (Fsp3) is 0.0870. The normalized spacial score (nSPS) is 10.9. The first kappa shape index (κ1) is 22.5. The van der Waals surface area contributed by atoms with Gasteiger partial charge in [0.15, 0.2) is 0 Å². The molecule has 3 rings (SSSR count). The van der Waals surface area contributed by atoms with Crippen LogP contribution in [0, 0.1) is 0 Å². The Morgan fingerprint density at radius 2 is 1.31 bits per heavy atom. The van der Waals surface area contributed by atoms with E-state index in [0.717, 1.165) is 12.1 Å². The topological polar surface area (TPSA) is 84.5 Å². The molecule has 0 aliphatic heterocycles. The molecule has 0 saturated carbocycles. The maximum Gasteiger partial charge on any atom is 0.416 e. The van der Waals surface area contributed by atoms with Crippen molar-refractivity contribution in [2.75, 3.05) is 17.7 Å². The molecule has 2 N–H and O–H groups in total. The van der Waals surface area contributed by atoms with Crippen molar-refractivity contribution < 1.29 is 32.3 Å². The number of carbonyl (C=O) groups is 3. The average molecular weight is 442 g/mol. The van der Waals surface area contributed by atoms with Crippen LogP contribution in [-0.2, 0) is 10.9 Å². The smallest absolute Gasteiger partial charge is 0.416 e. The average Bonchev–Trinajstić information content (AvgIpc) is 2.78.